The lowest BCUT2D eigenvalue weighted by atomic mass is 9.75. The van der Waals surface area contributed by atoms with Gasteiger partial charge < -0.3 is 29.2 Å². The van der Waals surface area contributed by atoms with E-state index in [1.54, 1.807) is 0 Å². The van der Waals surface area contributed by atoms with Crippen molar-refractivity contribution in [3.05, 3.63) is 29.0 Å². The van der Waals surface area contributed by atoms with E-state index in [1.807, 2.05) is 41.5 Å². The summed E-state index contributed by atoms with van der Waals surface area (Å²) in [5, 5.41) is 21.5. The largest absolute Gasteiger partial charge is 0.505 e. The highest BCUT2D eigenvalue weighted by Crippen LogP contribution is 2.60. The molecule has 0 saturated carbocycles. The summed E-state index contributed by atoms with van der Waals surface area (Å²) in [6.45, 7) is 12.9. The monoisotopic (exact) mass is 716 g/mol. The van der Waals surface area contributed by atoms with Crippen LogP contribution < -0.4 is 18.9 Å². The minimum absolute atomic E-state index is 0.0235. The molecule has 0 aliphatic rings. The van der Waals surface area contributed by atoms with Crippen molar-refractivity contribution < 1.29 is 29.2 Å². The maximum atomic E-state index is 10.7. The molecule has 33 heavy (non-hydrogen) atoms. The predicted octanol–water partition coefficient (Wildman–Crippen LogP) is 8.07. The number of hydrogen-bond donors (Lipinski definition) is 2. The van der Waals surface area contributed by atoms with Crippen molar-refractivity contribution in [3.63, 3.8) is 0 Å². The van der Waals surface area contributed by atoms with Crippen molar-refractivity contribution in [3.8, 4) is 34.5 Å². The quantitative estimate of drug-likeness (QED) is 0.259. The zero-order valence-electron chi connectivity index (χ0n) is 19.4. The first-order valence-corrected chi connectivity index (χ1v) is 13.7. The highest BCUT2D eigenvalue weighted by atomic mass is 79.9. The number of hydrogen-bond acceptors (Lipinski definition) is 6. The molecule has 0 radical (unpaired) electrons. The Kier molecular flexibility index (Phi) is 10.1. The summed E-state index contributed by atoms with van der Waals surface area (Å²) in [7, 11) is 0. The van der Waals surface area contributed by atoms with Gasteiger partial charge in [0.15, 0.2) is 11.5 Å². The minimum Gasteiger partial charge on any atom is -0.505 e. The molecule has 0 aliphatic carbocycles. The van der Waals surface area contributed by atoms with Crippen LogP contribution in [0.3, 0.4) is 0 Å². The Labute approximate surface area is 228 Å². The van der Waals surface area contributed by atoms with Crippen LogP contribution in [0.1, 0.15) is 52.7 Å². The molecule has 0 bridgehead atoms. The highest BCUT2D eigenvalue weighted by molar-refractivity contribution is 9.11. The Morgan fingerprint density at radius 1 is 0.545 bits per heavy atom. The molecule has 2 aromatic rings. The van der Waals surface area contributed by atoms with Gasteiger partial charge in [-0.05, 0) is 91.4 Å². The highest BCUT2D eigenvalue weighted by Gasteiger charge is 2.41. The number of rotatable bonds is 10. The standard InChI is InChI=1S/C23H28Br4O6/c1-7-30-19-11(20(31-8-2)14(25)17(28)13(19)24)23(5,6)12-21(32-9-3)15(26)18(29)16(27)22(12)33-10-4/h28-29H,7-10H2,1-6H3. The minimum atomic E-state index is -0.846. The molecule has 0 amide bonds. The first-order chi connectivity index (χ1) is 15.5. The van der Waals surface area contributed by atoms with Crippen molar-refractivity contribution in [2.75, 3.05) is 26.4 Å². The van der Waals surface area contributed by atoms with E-state index in [1.165, 1.54) is 0 Å². The molecule has 0 fully saturated rings. The summed E-state index contributed by atoms with van der Waals surface area (Å²) < 4.78 is 25.7. The average molecular weight is 720 g/mol. The van der Waals surface area contributed by atoms with Gasteiger partial charge in [-0.3, -0.25) is 0 Å². The second kappa shape index (κ2) is 11.7. The SMILES string of the molecule is CCOc1c(Br)c(O)c(Br)c(OCC)c1C(C)(C)c1c(OCC)c(Br)c(O)c(Br)c1OCC. The third-order valence-electron chi connectivity index (χ3n) is 4.94. The van der Waals surface area contributed by atoms with Crippen molar-refractivity contribution in [2.45, 2.75) is 47.0 Å². The molecule has 10 heteroatoms. The Morgan fingerprint density at radius 2 is 0.758 bits per heavy atom. The molecule has 2 N–H and O–H groups in total. The number of ether oxygens (including phenoxy) is 4. The Bertz CT molecular complexity index is 877. The summed E-state index contributed by atoms with van der Waals surface area (Å²) in [6, 6.07) is 0. The lowest BCUT2D eigenvalue weighted by Gasteiger charge is -2.34. The van der Waals surface area contributed by atoms with Crippen molar-refractivity contribution in [1.29, 1.82) is 0 Å². The van der Waals surface area contributed by atoms with Gasteiger partial charge in [-0.15, -0.1) is 0 Å². The molecule has 0 atom stereocenters. The van der Waals surface area contributed by atoms with Gasteiger partial charge in [0.25, 0.3) is 0 Å². The molecular formula is C23H28Br4O6. The molecule has 0 aromatic heterocycles. The Morgan fingerprint density at radius 3 is 0.939 bits per heavy atom. The summed E-state index contributed by atoms with van der Waals surface area (Å²) >= 11 is 14.0. The molecule has 0 heterocycles. The summed E-state index contributed by atoms with van der Waals surface area (Å²) in [6.07, 6.45) is 0. The van der Waals surface area contributed by atoms with Gasteiger partial charge in [0.2, 0.25) is 0 Å². The van der Waals surface area contributed by atoms with Gasteiger partial charge in [-0.25, -0.2) is 0 Å². The topological polar surface area (TPSA) is 77.4 Å². The van der Waals surface area contributed by atoms with Gasteiger partial charge in [0.05, 0.1) is 26.4 Å². The fraction of sp³-hybridized carbons (Fsp3) is 0.478. The molecule has 2 aromatic carbocycles. The molecule has 0 saturated heterocycles. The van der Waals surface area contributed by atoms with Gasteiger partial charge in [0, 0.05) is 16.5 Å². The van der Waals surface area contributed by atoms with Crippen LogP contribution in [-0.4, -0.2) is 36.6 Å². The lowest BCUT2D eigenvalue weighted by molar-refractivity contribution is 0.286. The van der Waals surface area contributed by atoms with E-state index in [-0.39, 0.29) is 11.5 Å². The number of aromatic hydroxyl groups is 2. The van der Waals surface area contributed by atoms with Gasteiger partial charge >= 0.3 is 0 Å². The van der Waals surface area contributed by atoms with Crippen LogP contribution in [0, 0.1) is 0 Å². The Hall–Kier alpha value is -0.840. The van der Waals surface area contributed by atoms with E-state index in [4.69, 9.17) is 18.9 Å². The molecule has 6 nitrogen and oxygen atoms in total. The van der Waals surface area contributed by atoms with E-state index < -0.39 is 5.41 Å². The van der Waals surface area contributed by atoms with Gasteiger partial charge in [0.1, 0.15) is 40.9 Å². The molecule has 0 aliphatic heterocycles. The van der Waals surface area contributed by atoms with Crippen LogP contribution in [-0.2, 0) is 5.41 Å². The predicted molar refractivity (Wildman–Crippen MR) is 144 cm³/mol. The fourth-order valence-corrected chi connectivity index (χ4v) is 6.22. The zero-order valence-corrected chi connectivity index (χ0v) is 25.7. The normalized spacial score (nSPS) is 11.5. The lowest BCUT2D eigenvalue weighted by Crippen LogP contribution is -2.25. The van der Waals surface area contributed by atoms with Crippen LogP contribution in [0.5, 0.6) is 34.5 Å². The average Bonchev–Trinajstić information content (AvgIpc) is 2.77. The van der Waals surface area contributed by atoms with Crippen molar-refractivity contribution >= 4 is 63.7 Å². The number of benzene rings is 2. The first-order valence-electron chi connectivity index (χ1n) is 10.5. The van der Waals surface area contributed by atoms with E-state index in [9.17, 15) is 10.2 Å². The molecule has 184 valence electrons. The third kappa shape index (κ3) is 5.23. The van der Waals surface area contributed by atoms with Crippen molar-refractivity contribution in [1.82, 2.24) is 0 Å². The summed E-state index contributed by atoms with van der Waals surface area (Å²) in [5.74, 6) is 1.72. The van der Waals surface area contributed by atoms with E-state index in [0.29, 0.717) is 78.4 Å². The molecule has 0 spiro atoms. The number of phenolic OH excluding ortho intramolecular Hbond substituents is 2. The van der Waals surface area contributed by atoms with E-state index >= 15 is 0 Å². The number of phenols is 2. The fourth-order valence-electron chi connectivity index (χ4n) is 3.65. The van der Waals surface area contributed by atoms with Crippen LogP contribution in [0.4, 0.5) is 0 Å². The maximum absolute atomic E-state index is 10.7. The van der Waals surface area contributed by atoms with Gasteiger partial charge in [-0.2, -0.15) is 0 Å². The summed E-state index contributed by atoms with van der Waals surface area (Å²) in [4.78, 5) is 0. The second-order valence-corrected chi connectivity index (χ2v) is 10.5. The summed E-state index contributed by atoms with van der Waals surface area (Å²) in [5.41, 5.74) is 0.505. The molecule has 2 rings (SSSR count). The first kappa shape index (κ1) is 28.4. The van der Waals surface area contributed by atoms with E-state index in [2.05, 4.69) is 63.7 Å². The third-order valence-corrected chi connectivity index (χ3v) is 7.88. The van der Waals surface area contributed by atoms with Crippen LogP contribution in [0.2, 0.25) is 0 Å². The maximum Gasteiger partial charge on any atom is 0.151 e. The molecule has 0 unspecified atom stereocenters. The Balaban J connectivity index is 3.12. The zero-order chi connectivity index (χ0) is 25.1. The smallest absolute Gasteiger partial charge is 0.151 e. The van der Waals surface area contributed by atoms with E-state index in [0.717, 1.165) is 0 Å². The number of halogens is 4. The molecular weight excluding hydrogens is 692 g/mol. The van der Waals surface area contributed by atoms with Crippen LogP contribution in [0.15, 0.2) is 17.9 Å². The second-order valence-electron chi connectivity index (χ2n) is 7.38. The van der Waals surface area contributed by atoms with Crippen molar-refractivity contribution in [2.24, 2.45) is 0 Å². The van der Waals surface area contributed by atoms with Crippen LogP contribution in [0.25, 0.3) is 0 Å². The van der Waals surface area contributed by atoms with Gasteiger partial charge in [-0.1, -0.05) is 13.8 Å². The van der Waals surface area contributed by atoms with Crippen LogP contribution >= 0.6 is 63.7 Å².